The lowest BCUT2D eigenvalue weighted by atomic mass is 9.82. The Morgan fingerprint density at radius 2 is 1.81 bits per heavy atom. The molecule has 142 valence electrons. The van der Waals surface area contributed by atoms with Crippen molar-refractivity contribution in [3.8, 4) is 0 Å². The summed E-state index contributed by atoms with van der Waals surface area (Å²) in [4.78, 5) is 52.2. The summed E-state index contributed by atoms with van der Waals surface area (Å²) in [7, 11) is 0. The van der Waals surface area contributed by atoms with Gasteiger partial charge < -0.3 is 5.32 Å². The molecule has 8 heteroatoms. The zero-order chi connectivity index (χ0) is 18.8. The topological polar surface area (TPSA) is 104 Å². The molecule has 1 saturated heterocycles. The summed E-state index contributed by atoms with van der Waals surface area (Å²) < 4.78 is 1.38. The molecular formula is C18H26N4O4. The summed E-state index contributed by atoms with van der Waals surface area (Å²) in [6.07, 6.45) is 7.26. The molecule has 1 atom stereocenters. The molecule has 2 aliphatic rings. The Balaban J connectivity index is 1.76. The molecule has 0 bridgehead atoms. The number of nitrogens with one attached hydrogen (secondary N) is 2. The predicted molar refractivity (Wildman–Crippen MR) is 95.8 cm³/mol. The maximum atomic E-state index is 12.5. The molecule has 0 spiro atoms. The molecule has 3 rings (SSSR count). The van der Waals surface area contributed by atoms with E-state index in [9.17, 15) is 19.2 Å². The van der Waals surface area contributed by atoms with Gasteiger partial charge in [-0.05, 0) is 32.6 Å². The number of amides is 3. The molecule has 3 amide bonds. The van der Waals surface area contributed by atoms with Crippen molar-refractivity contribution >= 4 is 11.9 Å². The Labute approximate surface area is 151 Å². The Kier molecular flexibility index (Phi) is 5.29. The molecule has 26 heavy (non-hydrogen) atoms. The number of urea groups is 1. The third kappa shape index (κ3) is 3.73. The number of rotatable bonds is 4. The number of aromatic amines is 1. The number of carbonyl (C=O) groups is 2. The van der Waals surface area contributed by atoms with Crippen LogP contribution in [0.2, 0.25) is 0 Å². The highest BCUT2D eigenvalue weighted by atomic mass is 16.2. The first-order chi connectivity index (χ1) is 12.4. The van der Waals surface area contributed by atoms with E-state index >= 15 is 0 Å². The van der Waals surface area contributed by atoms with E-state index < -0.39 is 17.3 Å². The normalized spacial score (nSPS) is 22.0. The molecule has 1 aliphatic heterocycles. The van der Waals surface area contributed by atoms with Crippen molar-refractivity contribution in [3.63, 3.8) is 0 Å². The fourth-order valence-electron chi connectivity index (χ4n) is 3.87. The Morgan fingerprint density at radius 3 is 2.42 bits per heavy atom. The van der Waals surface area contributed by atoms with Crippen LogP contribution in [-0.2, 0) is 11.3 Å². The van der Waals surface area contributed by atoms with E-state index in [2.05, 4.69) is 10.3 Å². The predicted octanol–water partition coefficient (Wildman–Crippen LogP) is 1.51. The molecule has 2 fully saturated rings. The number of H-pyrrole nitrogens is 1. The van der Waals surface area contributed by atoms with Crippen molar-refractivity contribution in [3.05, 3.63) is 32.6 Å². The number of carbonyl (C=O) groups excluding carboxylic acids is 2. The van der Waals surface area contributed by atoms with E-state index in [1.165, 1.54) is 17.2 Å². The van der Waals surface area contributed by atoms with Crippen molar-refractivity contribution in [1.82, 2.24) is 19.8 Å². The highest BCUT2D eigenvalue weighted by Crippen LogP contribution is 2.29. The fourth-order valence-corrected chi connectivity index (χ4v) is 3.87. The quantitative estimate of drug-likeness (QED) is 0.847. The molecule has 2 N–H and O–H groups in total. The van der Waals surface area contributed by atoms with Gasteiger partial charge in [-0.25, -0.2) is 9.59 Å². The SMILES string of the molecule is CC(C)n1cc(CN2C(=O)C[C@H](C3CCCCC3)NC2=O)c(=O)[nH]c1=O. The summed E-state index contributed by atoms with van der Waals surface area (Å²) >= 11 is 0. The summed E-state index contributed by atoms with van der Waals surface area (Å²) in [6, 6.07) is -0.715. The minimum absolute atomic E-state index is 0.116. The van der Waals surface area contributed by atoms with Crippen molar-refractivity contribution in [2.45, 2.75) is 71.0 Å². The van der Waals surface area contributed by atoms with Crippen molar-refractivity contribution in [1.29, 1.82) is 0 Å². The zero-order valence-corrected chi connectivity index (χ0v) is 15.3. The van der Waals surface area contributed by atoms with E-state index in [4.69, 9.17) is 0 Å². The molecule has 1 aromatic heterocycles. The van der Waals surface area contributed by atoms with Gasteiger partial charge in [0.1, 0.15) is 0 Å². The van der Waals surface area contributed by atoms with Gasteiger partial charge in [0.25, 0.3) is 5.56 Å². The highest BCUT2D eigenvalue weighted by Gasteiger charge is 2.36. The third-order valence-corrected chi connectivity index (χ3v) is 5.39. The lowest BCUT2D eigenvalue weighted by Crippen LogP contribution is -2.57. The fraction of sp³-hybridized carbons (Fsp3) is 0.667. The van der Waals surface area contributed by atoms with E-state index in [0.29, 0.717) is 5.92 Å². The lowest BCUT2D eigenvalue weighted by Gasteiger charge is -2.37. The number of imide groups is 1. The first kappa shape index (κ1) is 18.4. The van der Waals surface area contributed by atoms with Crippen LogP contribution in [0.25, 0.3) is 0 Å². The first-order valence-corrected chi connectivity index (χ1v) is 9.32. The second kappa shape index (κ2) is 7.47. The van der Waals surface area contributed by atoms with Crippen molar-refractivity contribution in [2.24, 2.45) is 5.92 Å². The van der Waals surface area contributed by atoms with Crippen LogP contribution in [-0.4, -0.2) is 32.4 Å². The highest BCUT2D eigenvalue weighted by molar-refractivity contribution is 5.97. The van der Waals surface area contributed by atoms with Crippen LogP contribution in [0.3, 0.4) is 0 Å². The van der Waals surface area contributed by atoms with Crippen LogP contribution in [0.15, 0.2) is 15.8 Å². The zero-order valence-electron chi connectivity index (χ0n) is 15.3. The standard InChI is InChI=1S/C18H26N4O4/c1-11(2)21-9-13(16(24)20-18(21)26)10-22-15(23)8-14(19-17(22)25)12-6-4-3-5-7-12/h9,11-12,14H,3-8,10H2,1-2H3,(H,19,25)(H,20,24,26)/t14-/m1/s1. The van der Waals surface area contributed by atoms with Gasteiger partial charge in [0, 0.05) is 24.7 Å². The van der Waals surface area contributed by atoms with Crippen molar-refractivity contribution < 1.29 is 9.59 Å². The largest absolute Gasteiger partial charge is 0.334 e. The van der Waals surface area contributed by atoms with Gasteiger partial charge in [-0.3, -0.25) is 24.0 Å². The van der Waals surface area contributed by atoms with Gasteiger partial charge in [-0.2, -0.15) is 0 Å². The van der Waals surface area contributed by atoms with E-state index in [1.54, 1.807) is 0 Å². The van der Waals surface area contributed by atoms with Crippen LogP contribution < -0.4 is 16.6 Å². The minimum atomic E-state index is -0.568. The molecule has 1 aliphatic carbocycles. The molecule has 1 aromatic rings. The second-order valence-electron chi connectivity index (χ2n) is 7.55. The first-order valence-electron chi connectivity index (χ1n) is 9.32. The Bertz CT molecular complexity index is 786. The van der Waals surface area contributed by atoms with Gasteiger partial charge >= 0.3 is 11.7 Å². The number of nitrogens with zero attached hydrogens (tertiary/aromatic N) is 2. The van der Waals surface area contributed by atoms with Gasteiger partial charge in [0.2, 0.25) is 5.91 Å². The van der Waals surface area contributed by atoms with Crippen LogP contribution in [0, 0.1) is 5.92 Å². The molecule has 0 aromatic carbocycles. The third-order valence-electron chi connectivity index (χ3n) is 5.39. The molecule has 0 radical (unpaired) electrons. The van der Waals surface area contributed by atoms with Gasteiger partial charge in [-0.1, -0.05) is 19.3 Å². The minimum Gasteiger partial charge on any atom is -0.334 e. The van der Waals surface area contributed by atoms with Gasteiger partial charge in [-0.15, -0.1) is 0 Å². The van der Waals surface area contributed by atoms with Crippen LogP contribution in [0.1, 0.15) is 64.0 Å². The van der Waals surface area contributed by atoms with Crippen LogP contribution in [0.5, 0.6) is 0 Å². The van der Waals surface area contributed by atoms with Crippen LogP contribution >= 0.6 is 0 Å². The van der Waals surface area contributed by atoms with Gasteiger partial charge in [0.05, 0.1) is 12.1 Å². The maximum Gasteiger partial charge on any atom is 0.328 e. The van der Waals surface area contributed by atoms with E-state index in [1.807, 2.05) is 13.8 Å². The van der Waals surface area contributed by atoms with Gasteiger partial charge in [0.15, 0.2) is 0 Å². The average molecular weight is 362 g/mol. The maximum absolute atomic E-state index is 12.5. The molecule has 8 nitrogen and oxygen atoms in total. The van der Waals surface area contributed by atoms with Crippen molar-refractivity contribution in [2.75, 3.05) is 0 Å². The average Bonchev–Trinajstić information content (AvgIpc) is 2.60. The van der Waals surface area contributed by atoms with Crippen LogP contribution in [0.4, 0.5) is 4.79 Å². The monoisotopic (exact) mass is 362 g/mol. The molecular weight excluding hydrogens is 336 g/mol. The number of hydrogen-bond acceptors (Lipinski definition) is 4. The summed E-state index contributed by atoms with van der Waals surface area (Å²) in [6.45, 7) is 3.50. The summed E-state index contributed by atoms with van der Waals surface area (Å²) in [5.74, 6) is 0.0797. The number of hydrogen-bond donors (Lipinski definition) is 2. The Hall–Kier alpha value is -2.38. The van der Waals surface area contributed by atoms with E-state index in [-0.39, 0.29) is 36.5 Å². The summed E-state index contributed by atoms with van der Waals surface area (Å²) in [5, 5.41) is 2.94. The number of aromatic nitrogens is 2. The molecule has 1 saturated carbocycles. The second-order valence-corrected chi connectivity index (χ2v) is 7.55. The molecule has 0 unspecified atom stereocenters. The van der Waals surface area contributed by atoms with E-state index in [0.717, 1.165) is 30.6 Å². The summed E-state index contributed by atoms with van der Waals surface area (Å²) in [5.41, 5.74) is -0.847. The molecule has 2 heterocycles. The smallest absolute Gasteiger partial charge is 0.328 e. The Morgan fingerprint density at radius 1 is 1.12 bits per heavy atom. The lowest BCUT2D eigenvalue weighted by molar-refractivity contribution is -0.131.